The van der Waals surface area contributed by atoms with Gasteiger partial charge in [-0.2, -0.15) is 0 Å². The molecule has 0 heterocycles. The van der Waals surface area contributed by atoms with Crippen LogP contribution >= 0.6 is 0 Å². The Balaban J connectivity index is 2.53. The highest BCUT2D eigenvalue weighted by Gasteiger charge is 2.20. The van der Waals surface area contributed by atoms with E-state index < -0.39 is 0 Å². The minimum absolute atomic E-state index is 0.166. The summed E-state index contributed by atoms with van der Waals surface area (Å²) in [4.78, 5) is 0. The molecule has 1 aliphatic carbocycles. The monoisotopic (exact) mass is 128 g/mol. The van der Waals surface area contributed by atoms with E-state index in [1.54, 1.807) is 6.08 Å². The molecule has 9 heavy (non-hydrogen) atoms. The number of aliphatic hydroxyl groups excluding tert-OH is 2. The molecule has 2 heteroatoms. The Morgan fingerprint density at radius 1 is 1.78 bits per heavy atom. The second kappa shape index (κ2) is 2.50. The fraction of sp³-hybridized carbons (Fsp3) is 0.714. The summed E-state index contributed by atoms with van der Waals surface area (Å²) in [6.45, 7) is 2.11. The molecular weight excluding hydrogens is 116 g/mol. The maximum Gasteiger partial charge on any atom is 0.0730 e. The largest absolute Gasteiger partial charge is 0.396 e. The Bertz CT molecular complexity index is 129. The predicted molar refractivity (Wildman–Crippen MR) is 35.0 cm³/mol. The van der Waals surface area contributed by atoms with Crippen LogP contribution in [0.2, 0.25) is 0 Å². The molecular formula is C7H12O2. The molecule has 1 rings (SSSR count). The molecule has 2 nitrogen and oxygen atoms in total. The van der Waals surface area contributed by atoms with Crippen LogP contribution in [-0.2, 0) is 0 Å². The SMILES string of the molecule is CC1=C[C@@H](O)C[C@@H]1CO. The zero-order valence-corrected chi connectivity index (χ0v) is 5.54. The Labute approximate surface area is 54.8 Å². The van der Waals surface area contributed by atoms with Crippen molar-refractivity contribution in [2.45, 2.75) is 19.4 Å². The first-order valence-corrected chi connectivity index (χ1v) is 3.21. The molecule has 52 valence electrons. The van der Waals surface area contributed by atoms with Crippen molar-refractivity contribution in [3.05, 3.63) is 11.6 Å². The molecule has 0 aromatic heterocycles. The number of hydrogen-bond donors (Lipinski definition) is 2. The molecule has 0 saturated heterocycles. The van der Waals surface area contributed by atoms with Crippen molar-refractivity contribution < 1.29 is 10.2 Å². The zero-order chi connectivity index (χ0) is 6.85. The number of aliphatic hydroxyl groups is 2. The second-order valence-electron chi connectivity index (χ2n) is 2.59. The summed E-state index contributed by atoms with van der Waals surface area (Å²) >= 11 is 0. The molecule has 0 aromatic carbocycles. The predicted octanol–water partition coefficient (Wildman–Crippen LogP) is 0.306. The fourth-order valence-electron chi connectivity index (χ4n) is 1.20. The quantitative estimate of drug-likeness (QED) is 0.499. The molecule has 0 amide bonds. The highest BCUT2D eigenvalue weighted by atomic mass is 16.3. The van der Waals surface area contributed by atoms with Crippen LogP contribution in [0.4, 0.5) is 0 Å². The van der Waals surface area contributed by atoms with Crippen molar-refractivity contribution in [3.8, 4) is 0 Å². The van der Waals surface area contributed by atoms with E-state index in [1.807, 2.05) is 6.92 Å². The van der Waals surface area contributed by atoms with Gasteiger partial charge in [-0.15, -0.1) is 0 Å². The average molecular weight is 128 g/mol. The van der Waals surface area contributed by atoms with Crippen molar-refractivity contribution in [1.82, 2.24) is 0 Å². The molecule has 0 aromatic rings. The van der Waals surface area contributed by atoms with Gasteiger partial charge in [-0.05, 0) is 13.3 Å². The lowest BCUT2D eigenvalue weighted by atomic mass is 10.0. The average Bonchev–Trinajstić information content (AvgIpc) is 2.10. The van der Waals surface area contributed by atoms with Crippen LogP contribution in [-0.4, -0.2) is 22.9 Å². The van der Waals surface area contributed by atoms with Gasteiger partial charge in [0, 0.05) is 12.5 Å². The summed E-state index contributed by atoms with van der Waals surface area (Å²) in [6.07, 6.45) is 2.19. The molecule has 0 bridgehead atoms. The summed E-state index contributed by atoms with van der Waals surface area (Å²) < 4.78 is 0. The molecule has 2 N–H and O–H groups in total. The van der Waals surface area contributed by atoms with Crippen LogP contribution in [0.25, 0.3) is 0 Å². The minimum atomic E-state index is -0.317. The van der Waals surface area contributed by atoms with Crippen LogP contribution in [0, 0.1) is 5.92 Å². The topological polar surface area (TPSA) is 40.5 Å². The van der Waals surface area contributed by atoms with E-state index in [4.69, 9.17) is 10.2 Å². The maximum atomic E-state index is 9.01. The summed E-state index contributed by atoms with van der Waals surface area (Å²) in [5, 5.41) is 17.7. The molecule has 0 spiro atoms. The lowest BCUT2D eigenvalue weighted by molar-refractivity contribution is 0.179. The van der Waals surface area contributed by atoms with Gasteiger partial charge in [-0.25, -0.2) is 0 Å². The van der Waals surface area contributed by atoms with Gasteiger partial charge < -0.3 is 10.2 Å². The zero-order valence-electron chi connectivity index (χ0n) is 5.54. The van der Waals surface area contributed by atoms with Crippen molar-refractivity contribution in [1.29, 1.82) is 0 Å². The fourth-order valence-corrected chi connectivity index (χ4v) is 1.20. The van der Waals surface area contributed by atoms with Crippen molar-refractivity contribution in [2.24, 2.45) is 5.92 Å². The minimum Gasteiger partial charge on any atom is -0.396 e. The third-order valence-corrected chi connectivity index (χ3v) is 1.85. The first-order valence-electron chi connectivity index (χ1n) is 3.21. The summed E-state index contributed by atoms with van der Waals surface area (Å²) in [5.74, 6) is 0.208. The highest BCUT2D eigenvalue weighted by Crippen LogP contribution is 2.24. The Kier molecular flexibility index (Phi) is 1.88. The van der Waals surface area contributed by atoms with E-state index in [9.17, 15) is 0 Å². The van der Waals surface area contributed by atoms with E-state index in [2.05, 4.69) is 0 Å². The summed E-state index contributed by atoms with van der Waals surface area (Å²) in [6, 6.07) is 0. The van der Waals surface area contributed by atoms with Crippen LogP contribution in [0.3, 0.4) is 0 Å². The normalized spacial score (nSPS) is 34.8. The van der Waals surface area contributed by atoms with Gasteiger partial charge >= 0.3 is 0 Å². The van der Waals surface area contributed by atoms with Crippen LogP contribution in [0.15, 0.2) is 11.6 Å². The van der Waals surface area contributed by atoms with Crippen LogP contribution < -0.4 is 0 Å². The maximum absolute atomic E-state index is 9.01. The van der Waals surface area contributed by atoms with E-state index >= 15 is 0 Å². The van der Waals surface area contributed by atoms with Gasteiger partial charge in [0.1, 0.15) is 0 Å². The van der Waals surface area contributed by atoms with Crippen LogP contribution in [0.1, 0.15) is 13.3 Å². The first kappa shape index (κ1) is 6.78. The molecule has 2 atom stereocenters. The Morgan fingerprint density at radius 2 is 2.44 bits per heavy atom. The Morgan fingerprint density at radius 3 is 2.67 bits per heavy atom. The molecule has 1 aliphatic rings. The molecule has 0 fully saturated rings. The van der Waals surface area contributed by atoms with E-state index in [0.29, 0.717) is 6.42 Å². The third-order valence-electron chi connectivity index (χ3n) is 1.85. The van der Waals surface area contributed by atoms with Gasteiger partial charge in [0.15, 0.2) is 0 Å². The van der Waals surface area contributed by atoms with Gasteiger partial charge in [0.2, 0.25) is 0 Å². The van der Waals surface area contributed by atoms with Crippen molar-refractivity contribution >= 4 is 0 Å². The summed E-state index contributed by atoms with van der Waals surface area (Å²) in [5.41, 5.74) is 1.12. The second-order valence-corrected chi connectivity index (χ2v) is 2.59. The van der Waals surface area contributed by atoms with Gasteiger partial charge in [0.25, 0.3) is 0 Å². The van der Waals surface area contributed by atoms with Crippen LogP contribution in [0.5, 0.6) is 0 Å². The van der Waals surface area contributed by atoms with Crippen molar-refractivity contribution in [3.63, 3.8) is 0 Å². The lowest BCUT2D eigenvalue weighted by Gasteiger charge is -2.05. The van der Waals surface area contributed by atoms with Gasteiger partial charge in [-0.3, -0.25) is 0 Å². The Hall–Kier alpha value is -0.340. The van der Waals surface area contributed by atoms with Gasteiger partial charge in [-0.1, -0.05) is 11.6 Å². The molecule has 0 radical (unpaired) electrons. The molecule has 0 aliphatic heterocycles. The molecule has 0 unspecified atom stereocenters. The van der Waals surface area contributed by atoms with E-state index in [0.717, 1.165) is 5.57 Å². The standard InChI is InChI=1S/C7H12O2/c1-5-2-7(9)3-6(5)4-8/h2,6-9H,3-4H2,1H3/t6-,7-/m1/s1. The number of hydrogen-bond acceptors (Lipinski definition) is 2. The van der Waals surface area contributed by atoms with Crippen molar-refractivity contribution in [2.75, 3.05) is 6.61 Å². The first-order chi connectivity index (χ1) is 4.24. The smallest absolute Gasteiger partial charge is 0.0730 e. The van der Waals surface area contributed by atoms with E-state index in [-0.39, 0.29) is 18.6 Å². The summed E-state index contributed by atoms with van der Waals surface area (Å²) in [7, 11) is 0. The highest BCUT2D eigenvalue weighted by molar-refractivity contribution is 5.13. The lowest BCUT2D eigenvalue weighted by Crippen LogP contribution is -2.06. The molecule has 0 saturated carbocycles. The third kappa shape index (κ3) is 1.32. The van der Waals surface area contributed by atoms with Gasteiger partial charge in [0.05, 0.1) is 6.10 Å². The number of rotatable bonds is 1. The van der Waals surface area contributed by atoms with E-state index in [1.165, 1.54) is 0 Å².